The van der Waals surface area contributed by atoms with Crippen molar-refractivity contribution in [1.82, 2.24) is 5.32 Å². The molecule has 20 heavy (non-hydrogen) atoms. The number of carbonyl (C=O) groups excluding carboxylic acids is 1. The number of ether oxygens (including phenoxy) is 2. The van der Waals surface area contributed by atoms with Gasteiger partial charge in [-0.25, -0.2) is 0 Å². The predicted octanol–water partition coefficient (Wildman–Crippen LogP) is 2.42. The quantitative estimate of drug-likeness (QED) is 0.760. The van der Waals surface area contributed by atoms with Crippen molar-refractivity contribution in [3.05, 3.63) is 23.8 Å². The van der Waals surface area contributed by atoms with Gasteiger partial charge >= 0.3 is 0 Å². The highest BCUT2D eigenvalue weighted by atomic mass is 32.1. The molecule has 0 aliphatic heterocycles. The van der Waals surface area contributed by atoms with Crippen LogP contribution < -0.4 is 14.8 Å². The molecule has 0 heterocycles. The molecule has 0 bridgehead atoms. The Labute approximate surface area is 125 Å². The molecule has 5 heteroatoms. The van der Waals surface area contributed by atoms with E-state index in [0.29, 0.717) is 13.0 Å². The molecule has 0 spiro atoms. The first-order chi connectivity index (χ1) is 9.62. The van der Waals surface area contributed by atoms with Gasteiger partial charge in [-0.2, -0.15) is 12.6 Å². The van der Waals surface area contributed by atoms with Crippen LogP contribution in [0.15, 0.2) is 18.2 Å². The first-order valence-electron chi connectivity index (χ1n) is 6.71. The largest absolute Gasteiger partial charge is 0.497 e. The first-order valence-corrected chi connectivity index (χ1v) is 7.34. The second-order valence-corrected chi connectivity index (χ2v) is 5.61. The molecule has 0 radical (unpaired) electrons. The molecule has 4 nitrogen and oxygen atoms in total. The summed E-state index contributed by atoms with van der Waals surface area (Å²) in [4.78, 5) is 11.9. The Kier molecular flexibility index (Phi) is 4.81. The molecular formula is C15H21NO3S. The van der Waals surface area contributed by atoms with Crippen molar-refractivity contribution < 1.29 is 14.3 Å². The maximum absolute atomic E-state index is 11.9. The number of hydrogen-bond donors (Lipinski definition) is 2. The summed E-state index contributed by atoms with van der Waals surface area (Å²) in [6.07, 6.45) is 2.78. The van der Waals surface area contributed by atoms with Crippen LogP contribution in [0.3, 0.4) is 0 Å². The Morgan fingerprint density at radius 3 is 2.65 bits per heavy atom. The minimum absolute atomic E-state index is 0.0782. The maximum Gasteiger partial charge on any atom is 0.220 e. The number of rotatable bonds is 7. The van der Waals surface area contributed by atoms with Crippen molar-refractivity contribution in [2.45, 2.75) is 25.8 Å². The van der Waals surface area contributed by atoms with Gasteiger partial charge in [-0.15, -0.1) is 0 Å². The second-order valence-electron chi connectivity index (χ2n) is 5.29. The minimum atomic E-state index is 0.0782. The molecule has 0 saturated heterocycles. The number of methoxy groups -OCH3 is 2. The Hall–Kier alpha value is -1.36. The standard InChI is InChI=1S/C15H21NO3S/c1-18-12-4-3-11(13(7-12)19-2)9-16-14(17)8-15(10-20)5-6-15/h3-4,7,20H,5-6,8-10H2,1-2H3,(H,16,17). The number of carbonyl (C=O) groups is 1. The van der Waals surface area contributed by atoms with Gasteiger partial charge in [-0.3, -0.25) is 4.79 Å². The van der Waals surface area contributed by atoms with E-state index >= 15 is 0 Å². The highest BCUT2D eigenvalue weighted by Gasteiger charge is 2.42. The van der Waals surface area contributed by atoms with Crippen molar-refractivity contribution in [2.75, 3.05) is 20.0 Å². The third-order valence-corrected chi connectivity index (χ3v) is 4.47. The number of benzene rings is 1. The van der Waals surface area contributed by atoms with Crippen molar-refractivity contribution in [2.24, 2.45) is 5.41 Å². The maximum atomic E-state index is 11.9. The summed E-state index contributed by atoms with van der Waals surface area (Å²) in [5.41, 5.74) is 1.09. The molecule has 0 aromatic heterocycles. The topological polar surface area (TPSA) is 47.6 Å². The van der Waals surface area contributed by atoms with Gasteiger partial charge in [0.25, 0.3) is 0 Å². The van der Waals surface area contributed by atoms with E-state index in [2.05, 4.69) is 17.9 Å². The van der Waals surface area contributed by atoms with E-state index in [9.17, 15) is 4.79 Å². The van der Waals surface area contributed by atoms with Crippen LogP contribution in [0.1, 0.15) is 24.8 Å². The Bertz CT molecular complexity index is 486. The van der Waals surface area contributed by atoms with Crippen LogP contribution in [0, 0.1) is 5.41 Å². The van der Waals surface area contributed by atoms with E-state index in [4.69, 9.17) is 9.47 Å². The summed E-state index contributed by atoms with van der Waals surface area (Å²) in [5, 5.41) is 2.95. The monoisotopic (exact) mass is 295 g/mol. The summed E-state index contributed by atoms with van der Waals surface area (Å²) in [5.74, 6) is 2.32. The average Bonchev–Trinajstić information content (AvgIpc) is 3.25. The van der Waals surface area contributed by atoms with Gasteiger partial charge in [0.1, 0.15) is 11.5 Å². The first kappa shape index (κ1) is 15.0. The average molecular weight is 295 g/mol. The van der Waals surface area contributed by atoms with Crippen LogP contribution in [0.2, 0.25) is 0 Å². The molecule has 0 unspecified atom stereocenters. The van der Waals surface area contributed by atoms with Crippen molar-refractivity contribution in [1.29, 1.82) is 0 Å². The van der Waals surface area contributed by atoms with Crippen LogP contribution in [-0.4, -0.2) is 25.9 Å². The molecule has 1 aliphatic rings. The zero-order chi connectivity index (χ0) is 14.6. The molecule has 1 aliphatic carbocycles. The van der Waals surface area contributed by atoms with Gasteiger partial charge in [0.15, 0.2) is 0 Å². The van der Waals surface area contributed by atoms with E-state index in [1.54, 1.807) is 14.2 Å². The minimum Gasteiger partial charge on any atom is -0.497 e. The summed E-state index contributed by atoms with van der Waals surface area (Å²) < 4.78 is 10.5. The van der Waals surface area contributed by atoms with Gasteiger partial charge in [0.05, 0.1) is 14.2 Å². The molecule has 1 aromatic rings. The van der Waals surface area contributed by atoms with Crippen LogP contribution in [0.4, 0.5) is 0 Å². The zero-order valence-electron chi connectivity index (χ0n) is 11.9. The Morgan fingerprint density at radius 1 is 1.35 bits per heavy atom. The van der Waals surface area contributed by atoms with Gasteiger partial charge in [0.2, 0.25) is 5.91 Å². The zero-order valence-corrected chi connectivity index (χ0v) is 12.8. The fourth-order valence-electron chi connectivity index (χ4n) is 2.16. The van der Waals surface area contributed by atoms with E-state index in [1.165, 1.54) is 0 Å². The fraction of sp³-hybridized carbons (Fsp3) is 0.533. The molecule has 1 amide bonds. The highest BCUT2D eigenvalue weighted by molar-refractivity contribution is 7.80. The molecule has 2 rings (SSSR count). The summed E-state index contributed by atoms with van der Waals surface area (Å²) in [7, 11) is 3.23. The van der Waals surface area contributed by atoms with Crippen LogP contribution >= 0.6 is 12.6 Å². The van der Waals surface area contributed by atoms with Crippen molar-refractivity contribution in [3.8, 4) is 11.5 Å². The summed E-state index contributed by atoms with van der Waals surface area (Å²) in [6, 6.07) is 5.58. The van der Waals surface area contributed by atoms with E-state index in [0.717, 1.165) is 35.7 Å². The molecule has 1 saturated carbocycles. The van der Waals surface area contributed by atoms with Crippen molar-refractivity contribution >= 4 is 18.5 Å². The molecular weight excluding hydrogens is 274 g/mol. The molecule has 1 aromatic carbocycles. The molecule has 1 fully saturated rings. The number of amides is 1. The SMILES string of the molecule is COc1ccc(CNC(=O)CC2(CS)CC2)c(OC)c1. The lowest BCUT2D eigenvalue weighted by Gasteiger charge is -2.14. The van der Waals surface area contributed by atoms with Crippen molar-refractivity contribution in [3.63, 3.8) is 0 Å². The van der Waals surface area contributed by atoms with Crippen LogP contribution in [0.5, 0.6) is 11.5 Å². The lowest BCUT2D eigenvalue weighted by Crippen LogP contribution is -2.26. The van der Waals surface area contributed by atoms with Crippen LogP contribution in [0.25, 0.3) is 0 Å². The van der Waals surface area contributed by atoms with E-state index in [1.807, 2.05) is 18.2 Å². The van der Waals surface area contributed by atoms with E-state index in [-0.39, 0.29) is 11.3 Å². The van der Waals surface area contributed by atoms with Gasteiger partial charge in [-0.05, 0) is 36.1 Å². The van der Waals surface area contributed by atoms with Crippen LogP contribution in [-0.2, 0) is 11.3 Å². The lowest BCUT2D eigenvalue weighted by molar-refractivity contribution is -0.122. The molecule has 110 valence electrons. The number of nitrogens with one attached hydrogen (secondary N) is 1. The summed E-state index contributed by atoms with van der Waals surface area (Å²) >= 11 is 4.32. The predicted molar refractivity (Wildman–Crippen MR) is 81.5 cm³/mol. The number of hydrogen-bond acceptors (Lipinski definition) is 4. The Balaban J connectivity index is 1.91. The third-order valence-electron chi connectivity index (χ3n) is 3.80. The fourth-order valence-corrected chi connectivity index (χ4v) is 2.59. The van der Waals surface area contributed by atoms with Gasteiger partial charge < -0.3 is 14.8 Å². The van der Waals surface area contributed by atoms with E-state index < -0.39 is 0 Å². The third kappa shape index (κ3) is 3.60. The molecule has 0 atom stereocenters. The van der Waals surface area contributed by atoms with Gasteiger partial charge in [-0.1, -0.05) is 0 Å². The summed E-state index contributed by atoms with van der Waals surface area (Å²) in [6.45, 7) is 0.467. The number of thiol groups is 1. The normalized spacial score (nSPS) is 15.6. The molecule has 1 N–H and O–H groups in total. The highest BCUT2D eigenvalue weighted by Crippen LogP contribution is 2.49. The Morgan fingerprint density at radius 2 is 2.10 bits per heavy atom. The lowest BCUT2D eigenvalue weighted by atomic mass is 10.1. The smallest absolute Gasteiger partial charge is 0.220 e. The second kappa shape index (κ2) is 6.39. The van der Waals surface area contributed by atoms with Gasteiger partial charge in [0, 0.05) is 24.6 Å².